The van der Waals surface area contributed by atoms with Gasteiger partial charge in [-0.15, -0.1) is 0 Å². The van der Waals surface area contributed by atoms with Crippen molar-refractivity contribution < 1.29 is 5.11 Å². The number of nitrogens with one attached hydrogen (secondary N) is 1. The second kappa shape index (κ2) is 8.77. The Morgan fingerprint density at radius 3 is 2.58 bits per heavy atom. The van der Waals surface area contributed by atoms with Crippen molar-refractivity contribution in [2.75, 3.05) is 13.6 Å². The van der Waals surface area contributed by atoms with Crippen molar-refractivity contribution in [2.24, 2.45) is 0 Å². The first-order chi connectivity index (χ1) is 11.7. The summed E-state index contributed by atoms with van der Waals surface area (Å²) in [6.45, 7) is 1.69. The van der Waals surface area contributed by atoms with Gasteiger partial charge >= 0.3 is 0 Å². The molecule has 24 heavy (non-hydrogen) atoms. The van der Waals surface area contributed by atoms with Gasteiger partial charge in [-0.25, -0.2) is 0 Å². The second-order valence-corrected chi connectivity index (χ2v) is 7.67. The maximum Gasteiger partial charge on any atom is 0.0922 e. The average molecular weight is 345 g/mol. The zero-order chi connectivity index (χ0) is 16.8. The normalized spacial score (nSPS) is 22.6. The molecule has 0 radical (unpaired) electrons. The lowest BCUT2D eigenvalue weighted by Gasteiger charge is -2.35. The van der Waals surface area contributed by atoms with Crippen LogP contribution >= 0.6 is 11.3 Å². The van der Waals surface area contributed by atoms with Gasteiger partial charge in [0.15, 0.2) is 0 Å². The standard InChI is InChI=1S/C20H28N2OS/c1-22(14-16-5-3-2-4-6-16)19-9-7-18(8-10-19)21-13-20(23)17-11-12-24-15-17/h2-6,11-12,15,18-21,23H,7-10,13-14H2,1H3. The Bertz CT molecular complexity index is 579. The fourth-order valence-electron chi connectivity index (χ4n) is 3.58. The largest absolute Gasteiger partial charge is 0.387 e. The van der Waals surface area contributed by atoms with Crippen molar-refractivity contribution in [1.82, 2.24) is 10.2 Å². The predicted molar refractivity (Wildman–Crippen MR) is 101 cm³/mol. The van der Waals surface area contributed by atoms with Gasteiger partial charge in [-0.2, -0.15) is 11.3 Å². The summed E-state index contributed by atoms with van der Waals surface area (Å²) in [5.41, 5.74) is 2.42. The summed E-state index contributed by atoms with van der Waals surface area (Å²) in [5.74, 6) is 0. The third-order valence-corrected chi connectivity index (χ3v) is 5.82. The Morgan fingerprint density at radius 1 is 1.17 bits per heavy atom. The molecule has 3 rings (SSSR count). The van der Waals surface area contributed by atoms with Crippen LogP contribution in [0.3, 0.4) is 0 Å². The molecular weight excluding hydrogens is 316 g/mol. The van der Waals surface area contributed by atoms with Crippen LogP contribution in [-0.2, 0) is 6.54 Å². The lowest BCUT2D eigenvalue weighted by atomic mass is 9.90. The fraction of sp³-hybridized carbons (Fsp3) is 0.500. The lowest BCUT2D eigenvalue weighted by Crippen LogP contribution is -2.41. The van der Waals surface area contributed by atoms with Gasteiger partial charge in [-0.05, 0) is 60.7 Å². The molecule has 3 nitrogen and oxygen atoms in total. The van der Waals surface area contributed by atoms with Crippen LogP contribution in [0.4, 0.5) is 0 Å². The highest BCUT2D eigenvalue weighted by atomic mass is 32.1. The van der Waals surface area contributed by atoms with E-state index in [1.54, 1.807) is 11.3 Å². The van der Waals surface area contributed by atoms with Gasteiger partial charge in [0.2, 0.25) is 0 Å². The van der Waals surface area contributed by atoms with Gasteiger partial charge in [0, 0.05) is 25.2 Å². The lowest BCUT2D eigenvalue weighted by molar-refractivity contribution is 0.145. The molecular formula is C20H28N2OS. The molecule has 0 spiro atoms. The molecule has 1 aromatic carbocycles. The SMILES string of the molecule is CN(Cc1ccccc1)C1CCC(NCC(O)c2ccsc2)CC1. The number of benzene rings is 1. The Labute approximate surface area is 149 Å². The first-order valence-electron chi connectivity index (χ1n) is 8.90. The van der Waals surface area contributed by atoms with Crippen molar-refractivity contribution in [2.45, 2.75) is 50.4 Å². The predicted octanol–water partition coefficient (Wildman–Crippen LogP) is 3.81. The third-order valence-electron chi connectivity index (χ3n) is 5.12. The second-order valence-electron chi connectivity index (χ2n) is 6.89. The smallest absolute Gasteiger partial charge is 0.0922 e. The van der Waals surface area contributed by atoms with E-state index in [4.69, 9.17) is 0 Å². The molecule has 1 saturated carbocycles. The van der Waals surface area contributed by atoms with E-state index in [1.807, 2.05) is 16.8 Å². The average Bonchev–Trinajstić information content (AvgIpc) is 3.16. The molecule has 4 heteroatoms. The van der Waals surface area contributed by atoms with E-state index in [9.17, 15) is 5.11 Å². The molecule has 130 valence electrons. The first-order valence-corrected chi connectivity index (χ1v) is 9.84. The molecule has 2 aromatic rings. The summed E-state index contributed by atoms with van der Waals surface area (Å²) in [4.78, 5) is 2.49. The van der Waals surface area contributed by atoms with Crippen LogP contribution in [0.2, 0.25) is 0 Å². The minimum Gasteiger partial charge on any atom is -0.387 e. The van der Waals surface area contributed by atoms with E-state index in [0.29, 0.717) is 18.6 Å². The highest BCUT2D eigenvalue weighted by molar-refractivity contribution is 7.07. The summed E-state index contributed by atoms with van der Waals surface area (Å²) in [6, 6.07) is 13.9. The molecule has 0 aliphatic heterocycles. The minimum absolute atomic E-state index is 0.380. The number of hydrogen-bond donors (Lipinski definition) is 2. The highest BCUT2D eigenvalue weighted by Gasteiger charge is 2.24. The zero-order valence-corrected chi connectivity index (χ0v) is 15.2. The summed E-state index contributed by atoms with van der Waals surface area (Å²) >= 11 is 1.64. The summed E-state index contributed by atoms with van der Waals surface area (Å²) in [6.07, 6.45) is 4.47. The number of aliphatic hydroxyl groups is 1. The number of hydrogen-bond acceptors (Lipinski definition) is 4. The van der Waals surface area contributed by atoms with Crippen molar-refractivity contribution in [3.63, 3.8) is 0 Å². The quantitative estimate of drug-likeness (QED) is 0.802. The van der Waals surface area contributed by atoms with E-state index in [2.05, 4.69) is 47.6 Å². The van der Waals surface area contributed by atoms with E-state index < -0.39 is 0 Å². The van der Waals surface area contributed by atoms with Gasteiger partial charge in [0.25, 0.3) is 0 Å². The van der Waals surface area contributed by atoms with Crippen LogP contribution in [0.15, 0.2) is 47.2 Å². The van der Waals surface area contributed by atoms with Crippen molar-refractivity contribution in [3.05, 3.63) is 58.3 Å². The fourth-order valence-corrected chi connectivity index (χ4v) is 4.29. The third kappa shape index (κ3) is 4.90. The molecule has 2 N–H and O–H groups in total. The molecule has 0 amide bonds. The molecule has 1 aliphatic rings. The molecule has 1 atom stereocenters. The van der Waals surface area contributed by atoms with Gasteiger partial charge in [-0.1, -0.05) is 30.3 Å². The van der Waals surface area contributed by atoms with Crippen LogP contribution in [0, 0.1) is 0 Å². The monoisotopic (exact) mass is 344 g/mol. The number of rotatable bonds is 7. The summed E-state index contributed by atoms with van der Waals surface area (Å²) in [5, 5.41) is 17.8. The van der Waals surface area contributed by atoms with Crippen LogP contribution < -0.4 is 5.32 Å². The van der Waals surface area contributed by atoms with Crippen LogP contribution in [0.5, 0.6) is 0 Å². The van der Waals surface area contributed by atoms with Gasteiger partial charge in [0.1, 0.15) is 0 Å². The number of nitrogens with zero attached hydrogens (tertiary/aromatic N) is 1. The van der Waals surface area contributed by atoms with E-state index >= 15 is 0 Å². The molecule has 1 fully saturated rings. The summed E-state index contributed by atoms with van der Waals surface area (Å²) in [7, 11) is 2.24. The molecule has 1 unspecified atom stereocenters. The van der Waals surface area contributed by atoms with E-state index in [0.717, 1.165) is 12.1 Å². The Hall–Kier alpha value is -1.20. The van der Waals surface area contributed by atoms with Gasteiger partial charge < -0.3 is 10.4 Å². The maximum absolute atomic E-state index is 10.2. The molecule has 1 aromatic heterocycles. The zero-order valence-electron chi connectivity index (χ0n) is 14.4. The molecule has 0 saturated heterocycles. The van der Waals surface area contributed by atoms with E-state index in [1.165, 1.54) is 31.2 Å². The van der Waals surface area contributed by atoms with Gasteiger partial charge in [-0.3, -0.25) is 4.90 Å². The van der Waals surface area contributed by atoms with Crippen LogP contribution in [0.1, 0.15) is 42.9 Å². The van der Waals surface area contributed by atoms with Crippen molar-refractivity contribution in [1.29, 1.82) is 0 Å². The number of aliphatic hydroxyl groups excluding tert-OH is 1. The Kier molecular flexibility index (Phi) is 6.44. The van der Waals surface area contributed by atoms with Crippen molar-refractivity contribution >= 4 is 11.3 Å². The summed E-state index contributed by atoms with van der Waals surface area (Å²) < 4.78 is 0. The van der Waals surface area contributed by atoms with Crippen LogP contribution in [0.25, 0.3) is 0 Å². The van der Waals surface area contributed by atoms with Crippen molar-refractivity contribution in [3.8, 4) is 0 Å². The van der Waals surface area contributed by atoms with Crippen LogP contribution in [-0.4, -0.2) is 35.7 Å². The molecule has 0 bridgehead atoms. The first kappa shape index (κ1) is 17.6. The Balaban J connectivity index is 1.39. The minimum atomic E-state index is -0.380. The van der Waals surface area contributed by atoms with E-state index in [-0.39, 0.29) is 6.10 Å². The Morgan fingerprint density at radius 2 is 1.92 bits per heavy atom. The number of thiophene rings is 1. The topological polar surface area (TPSA) is 35.5 Å². The van der Waals surface area contributed by atoms with Gasteiger partial charge in [0.05, 0.1) is 6.10 Å². The highest BCUT2D eigenvalue weighted by Crippen LogP contribution is 2.24. The molecule has 1 heterocycles. The maximum atomic E-state index is 10.2. The molecule has 1 aliphatic carbocycles.